The van der Waals surface area contributed by atoms with E-state index < -0.39 is 18.0 Å². The Bertz CT molecular complexity index is 1220. The van der Waals surface area contributed by atoms with Crippen LogP contribution in [0, 0.1) is 5.82 Å². The number of imidazole rings is 1. The molecular weight excluding hydrogens is 527 g/mol. The van der Waals surface area contributed by atoms with Gasteiger partial charge in [-0.25, -0.2) is 19.0 Å². The predicted octanol–water partition coefficient (Wildman–Crippen LogP) is 3.22. The lowest BCUT2D eigenvalue weighted by atomic mass is 9.99. The highest BCUT2D eigenvalue weighted by molar-refractivity contribution is 6.30. The number of aryl methyl sites for hydroxylation is 1. The van der Waals surface area contributed by atoms with E-state index in [0.29, 0.717) is 61.9 Å². The number of hydrogen-bond acceptors (Lipinski definition) is 7. The van der Waals surface area contributed by atoms with Gasteiger partial charge in [-0.05, 0) is 37.6 Å². The number of urea groups is 1. The first-order valence-corrected chi connectivity index (χ1v) is 13.6. The van der Waals surface area contributed by atoms with Crippen molar-refractivity contribution < 1.29 is 23.5 Å². The van der Waals surface area contributed by atoms with Crippen molar-refractivity contribution >= 4 is 29.4 Å². The van der Waals surface area contributed by atoms with Crippen molar-refractivity contribution in [3.05, 3.63) is 63.6 Å². The average molecular weight is 561 g/mol. The molecular formula is C27H34ClFN6O4. The molecule has 2 aliphatic rings. The SMILES string of the molecule is CCCCc1nc(Cl)c(C2NC(=O)NC(CN3CCN(CC(=O)c4ccc(F)cc4)CC3)=C2C(=O)OCC)[nH]1. The fourth-order valence-corrected chi connectivity index (χ4v) is 4.99. The van der Waals surface area contributed by atoms with Gasteiger partial charge < -0.3 is 20.4 Å². The molecule has 10 nitrogen and oxygen atoms in total. The van der Waals surface area contributed by atoms with Gasteiger partial charge in [-0.15, -0.1) is 0 Å². The molecule has 3 heterocycles. The number of carbonyl (C=O) groups is 3. The van der Waals surface area contributed by atoms with Crippen LogP contribution in [0.3, 0.4) is 0 Å². The minimum absolute atomic E-state index is 0.0704. The summed E-state index contributed by atoms with van der Waals surface area (Å²) in [5, 5.41) is 5.79. The molecule has 1 fully saturated rings. The summed E-state index contributed by atoms with van der Waals surface area (Å²) < 4.78 is 18.5. The van der Waals surface area contributed by atoms with Crippen LogP contribution in [0.15, 0.2) is 35.5 Å². The zero-order chi connectivity index (χ0) is 27.9. The zero-order valence-electron chi connectivity index (χ0n) is 22.2. The summed E-state index contributed by atoms with van der Waals surface area (Å²) >= 11 is 6.45. The largest absolute Gasteiger partial charge is 0.463 e. The van der Waals surface area contributed by atoms with Crippen LogP contribution in [0.5, 0.6) is 0 Å². The molecule has 0 spiro atoms. The maximum absolute atomic E-state index is 13.2. The molecule has 1 aromatic heterocycles. The molecule has 210 valence electrons. The van der Waals surface area contributed by atoms with Crippen molar-refractivity contribution in [1.29, 1.82) is 0 Å². The molecule has 1 saturated heterocycles. The van der Waals surface area contributed by atoms with E-state index in [1.165, 1.54) is 24.3 Å². The van der Waals surface area contributed by atoms with Gasteiger partial charge >= 0.3 is 12.0 Å². The number of hydrogen-bond donors (Lipinski definition) is 3. The molecule has 2 amide bonds. The first-order valence-electron chi connectivity index (χ1n) is 13.2. The van der Waals surface area contributed by atoms with E-state index in [4.69, 9.17) is 16.3 Å². The van der Waals surface area contributed by atoms with Crippen LogP contribution in [0.1, 0.15) is 54.6 Å². The Morgan fingerprint density at radius 1 is 1.13 bits per heavy atom. The number of H-pyrrole nitrogens is 1. The molecule has 0 saturated carbocycles. The number of amides is 2. The second-order valence-corrected chi connectivity index (χ2v) is 9.98. The second-order valence-electron chi connectivity index (χ2n) is 9.62. The predicted molar refractivity (Wildman–Crippen MR) is 144 cm³/mol. The molecule has 2 aromatic rings. The highest BCUT2D eigenvalue weighted by atomic mass is 35.5. The minimum Gasteiger partial charge on any atom is -0.463 e. The number of benzene rings is 1. The maximum atomic E-state index is 13.2. The molecule has 3 N–H and O–H groups in total. The summed E-state index contributed by atoms with van der Waals surface area (Å²) in [5.41, 5.74) is 1.64. The van der Waals surface area contributed by atoms with E-state index in [1.54, 1.807) is 6.92 Å². The molecule has 1 unspecified atom stereocenters. The van der Waals surface area contributed by atoms with Gasteiger partial charge in [-0.2, -0.15) is 0 Å². The second kappa shape index (κ2) is 13.2. The molecule has 1 aromatic carbocycles. The molecule has 12 heteroatoms. The number of nitrogens with one attached hydrogen (secondary N) is 3. The number of Topliss-reactive ketones (excluding diaryl/α,β-unsaturated/α-hetero) is 1. The van der Waals surface area contributed by atoms with Crippen molar-refractivity contribution in [2.45, 2.75) is 39.2 Å². The zero-order valence-corrected chi connectivity index (χ0v) is 22.9. The minimum atomic E-state index is -0.835. The number of esters is 1. The number of unbranched alkanes of at least 4 members (excludes halogenated alkanes) is 1. The van der Waals surface area contributed by atoms with Gasteiger partial charge in [0.25, 0.3) is 0 Å². The lowest BCUT2D eigenvalue weighted by Crippen LogP contribution is -2.52. The fourth-order valence-electron chi connectivity index (χ4n) is 4.74. The number of ketones is 1. The van der Waals surface area contributed by atoms with Gasteiger partial charge in [-0.1, -0.05) is 24.9 Å². The maximum Gasteiger partial charge on any atom is 0.338 e. The summed E-state index contributed by atoms with van der Waals surface area (Å²) in [6.45, 7) is 7.01. The Labute approximate surface area is 231 Å². The van der Waals surface area contributed by atoms with Crippen LogP contribution in [0.25, 0.3) is 0 Å². The third-order valence-corrected chi connectivity index (χ3v) is 7.11. The number of carbonyl (C=O) groups excluding carboxylic acids is 3. The summed E-state index contributed by atoms with van der Waals surface area (Å²) in [7, 11) is 0. The van der Waals surface area contributed by atoms with Crippen molar-refractivity contribution in [2.75, 3.05) is 45.9 Å². The van der Waals surface area contributed by atoms with Crippen molar-refractivity contribution in [1.82, 2.24) is 30.4 Å². The highest BCUT2D eigenvalue weighted by Crippen LogP contribution is 2.31. The first kappa shape index (κ1) is 28.7. The molecule has 0 bridgehead atoms. The first-order chi connectivity index (χ1) is 18.8. The summed E-state index contributed by atoms with van der Waals surface area (Å²) in [5.74, 6) is -0.301. The van der Waals surface area contributed by atoms with Crippen molar-refractivity contribution in [3.8, 4) is 0 Å². The number of aromatic amines is 1. The summed E-state index contributed by atoms with van der Waals surface area (Å²) in [6.07, 6.45) is 2.62. The third-order valence-electron chi connectivity index (χ3n) is 6.82. The van der Waals surface area contributed by atoms with Crippen molar-refractivity contribution in [3.63, 3.8) is 0 Å². The standard InChI is InChI=1S/C27H34ClFN6O4/c1-3-5-6-21-31-24(25(28)32-21)23-22(26(37)39-4-2)19(30-27(38)33-23)15-34-11-13-35(14-12-34)16-20(36)17-7-9-18(29)10-8-17/h7-10,23H,3-6,11-16H2,1-2H3,(H,31,32)(H2,30,33,38). The van der Waals surface area contributed by atoms with E-state index in [9.17, 15) is 18.8 Å². The lowest BCUT2D eigenvalue weighted by Gasteiger charge is -2.36. The molecule has 0 radical (unpaired) electrons. The Morgan fingerprint density at radius 3 is 2.49 bits per heavy atom. The molecule has 4 rings (SSSR count). The molecule has 39 heavy (non-hydrogen) atoms. The number of rotatable bonds is 11. The summed E-state index contributed by atoms with van der Waals surface area (Å²) in [4.78, 5) is 50.1. The van der Waals surface area contributed by atoms with Gasteiger partial charge in [0.1, 0.15) is 17.7 Å². The molecule has 2 aliphatic heterocycles. The monoisotopic (exact) mass is 560 g/mol. The van der Waals surface area contributed by atoms with Gasteiger partial charge in [0.05, 0.1) is 24.4 Å². The number of halogens is 2. The van der Waals surface area contributed by atoms with E-state index in [0.717, 1.165) is 12.8 Å². The van der Waals surface area contributed by atoms with Gasteiger partial charge in [0.15, 0.2) is 10.9 Å². The number of aromatic nitrogens is 2. The van der Waals surface area contributed by atoms with E-state index in [1.807, 2.05) is 4.90 Å². The van der Waals surface area contributed by atoms with Gasteiger partial charge in [-0.3, -0.25) is 14.6 Å². The quantitative estimate of drug-likeness (QED) is 0.285. The summed E-state index contributed by atoms with van der Waals surface area (Å²) in [6, 6.07) is 4.26. The van der Waals surface area contributed by atoms with Crippen LogP contribution >= 0.6 is 11.6 Å². The normalized spacial score (nSPS) is 18.6. The topological polar surface area (TPSA) is 120 Å². The smallest absolute Gasteiger partial charge is 0.338 e. The Morgan fingerprint density at radius 2 is 1.82 bits per heavy atom. The fraction of sp³-hybridized carbons (Fsp3) is 0.481. The lowest BCUT2D eigenvalue weighted by molar-refractivity contribution is -0.139. The van der Waals surface area contributed by atoms with Crippen LogP contribution < -0.4 is 10.6 Å². The Kier molecular flexibility index (Phi) is 9.71. The number of ether oxygens (including phenoxy) is 1. The van der Waals surface area contributed by atoms with E-state index in [2.05, 4.69) is 32.4 Å². The number of nitrogens with zero attached hydrogens (tertiary/aromatic N) is 3. The highest BCUT2D eigenvalue weighted by Gasteiger charge is 2.37. The Balaban J connectivity index is 1.48. The van der Waals surface area contributed by atoms with Crippen LogP contribution in [-0.2, 0) is 16.0 Å². The average Bonchev–Trinajstić information content (AvgIpc) is 3.28. The van der Waals surface area contributed by atoms with Crippen LogP contribution in [0.2, 0.25) is 5.15 Å². The van der Waals surface area contributed by atoms with Gasteiger partial charge in [0.2, 0.25) is 0 Å². The van der Waals surface area contributed by atoms with Crippen LogP contribution in [-0.4, -0.2) is 83.4 Å². The Hall–Kier alpha value is -3.28. The van der Waals surface area contributed by atoms with Crippen LogP contribution in [0.4, 0.5) is 9.18 Å². The number of piperazine rings is 1. The van der Waals surface area contributed by atoms with Crippen molar-refractivity contribution in [2.24, 2.45) is 0 Å². The van der Waals surface area contributed by atoms with Gasteiger partial charge in [0, 0.05) is 50.4 Å². The molecule has 1 atom stereocenters. The third kappa shape index (κ3) is 7.23. The van der Waals surface area contributed by atoms with E-state index >= 15 is 0 Å². The van der Waals surface area contributed by atoms with E-state index in [-0.39, 0.29) is 35.5 Å². The molecule has 0 aliphatic carbocycles.